The van der Waals surface area contributed by atoms with Crippen molar-refractivity contribution < 1.29 is 0 Å². The van der Waals surface area contributed by atoms with E-state index in [1.54, 1.807) is 160 Å². The second kappa shape index (κ2) is 31.2. The van der Waals surface area contributed by atoms with Crippen molar-refractivity contribution in [3.05, 3.63) is 0 Å². The Morgan fingerprint density at radius 3 is 0.750 bits per heavy atom. The van der Waals surface area contributed by atoms with E-state index in [1.807, 2.05) is 44.4 Å². The van der Waals surface area contributed by atoms with Gasteiger partial charge in [0.15, 0.2) is 0 Å². The van der Waals surface area contributed by atoms with Crippen LogP contribution in [-0.2, 0) is 253 Å². The lowest BCUT2D eigenvalue weighted by molar-refractivity contribution is 5.95. The fraction of sp³-hybridized carbons (Fsp3) is 0. The molecule has 0 heterocycles. The van der Waals surface area contributed by atoms with Gasteiger partial charge in [0.25, 0.3) is 0 Å². The van der Waals surface area contributed by atoms with Gasteiger partial charge in [-0.15, -0.1) is 0 Å². The summed E-state index contributed by atoms with van der Waals surface area (Å²) in [4.78, 5) is 0. The van der Waals surface area contributed by atoms with Gasteiger partial charge in [0.05, 0.1) is 0 Å². The first-order chi connectivity index (χ1) is 13.8. The average Bonchev–Trinajstić information content (AvgIpc) is 2.68. The molecule has 0 spiro atoms. The quantitative estimate of drug-likeness (QED) is 0.335. The van der Waals surface area contributed by atoms with Crippen LogP contribution in [0.4, 0.5) is 0 Å². The van der Waals surface area contributed by atoms with Gasteiger partial charge < -0.3 is 0 Å². The molecule has 0 atom stereocenters. The zero-order valence-corrected chi connectivity index (χ0v) is 34.3. The van der Waals surface area contributed by atoms with Crippen molar-refractivity contribution in [1.29, 1.82) is 0 Å². The number of hydrogen-bond donors (Lipinski definition) is 0. The summed E-state index contributed by atoms with van der Waals surface area (Å²) in [7, 11) is 41.9. The standard InChI is InChI=1S/S28/c1-4-5-6-7-8-9-10-11-12-13-14-15-16-17-18-19-20-21-22-23-24-25-26-27-28(2)3. The topological polar surface area (TPSA) is 0 Å². The van der Waals surface area contributed by atoms with E-state index in [4.69, 9.17) is 33.6 Å². The molecule has 0 aromatic heterocycles. The molecule has 0 nitrogen and oxygen atoms in total. The first-order valence-electron chi connectivity index (χ1n) is 4.50. The lowest BCUT2D eigenvalue weighted by Crippen LogP contribution is -1.41. The lowest BCUT2D eigenvalue weighted by atomic mass is 30.7. The van der Waals surface area contributed by atoms with E-state index in [1.165, 1.54) is 8.88 Å². The largest absolute Gasteiger partial charge is 0 e. The van der Waals surface area contributed by atoms with Crippen LogP contribution in [-0.4, -0.2) is 0 Å². The minimum atomic E-state index is -0.374. The third-order valence-corrected chi connectivity index (χ3v) is 56.2. The Labute approximate surface area is 246 Å². The Balaban J connectivity index is 5.96. The van der Waals surface area contributed by atoms with Gasteiger partial charge in [0, 0.05) is 253 Å². The highest BCUT2D eigenvalue weighted by molar-refractivity contribution is 8.80. The summed E-state index contributed by atoms with van der Waals surface area (Å²) in [6, 6.07) is 0. The molecule has 0 aliphatic heterocycles. The molecule has 0 radical (unpaired) electrons. The lowest BCUT2D eigenvalue weighted by Gasteiger charge is -1.41. The number of hydrogen-bond acceptors (Lipinski definition) is 3. The minimum Gasteiger partial charge on any atom is 0 e. The highest BCUT2D eigenvalue weighted by Gasteiger charge is 1.43. The van der Waals surface area contributed by atoms with Crippen molar-refractivity contribution in [3.8, 4) is 0 Å². The summed E-state index contributed by atoms with van der Waals surface area (Å²) < 4.78 is 0. The van der Waals surface area contributed by atoms with Gasteiger partial charge >= 0.3 is 0 Å². The fourth-order valence-electron chi connectivity index (χ4n) is 0.272. The molecular weight excluding hydrogens is 898 g/mol. The van der Waals surface area contributed by atoms with E-state index >= 15 is 0 Å². The average molecular weight is 898 g/mol. The Hall–Kier alpha value is 6.16. The van der Waals surface area contributed by atoms with Crippen molar-refractivity contribution in [2.75, 3.05) is 0 Å². The molecule has 0 amide bonds. The van der Waals surface area contributed by atoms with Crippen LogP contribution in [0.15, 0.2) is 0 Å². The first-order valence-corrected chi connectivity index (χ1v) is 40.5. The predicted molar refractivity (Wildman–Crippen MR) is 206 cm³/mol. The van der Waals surface area contributed by atoms with Gasteiger partial charge in [-0.1, -0.05) is 0 Å². The second-order valence-corrected chi connectivity index (χ2v) is 49.6. The molecule has 0 fully saturated rings. The van der Waals surface area contributed by atoms with Gasteiger partial charge in [0.1, 0.15) is 0 Å². The molecule has 28 heavy (non-hydrogen) atoms. The van der Waals surface area contributed by atoms with Crippen molar-refractivity contribution in [2.24, 2.45) is 0 Å². The van der Waals surface area contributed by atoms with E-state index in [0.29, 0.717) is 0 Å². The minimum absolute atomic E-state index is 0.374. The summed E-state index contributed by atoms with van der Waals surface area (Å²) in [5.74, 6) is 0. The molecule has 0 unspecified atom stereocenters. The fourth-order valence-corrected chi connectivity index (χ4v) is 66.1. The van der Waals surface area contributed by atoms with Crippen molar-refractivity contribution >= 4 is 253 Å². The molecule has 0 N–H and O–H groups in total. The normalized spacial score (nSPS) is 7.71. The van der Waals surface area contributed by atoms with Crippen LogP contribution in [0.1, 0.15) is 0 Å². The maximum Gasteiger partial charge on any atom is 0 e. The molecule has 28 heteroatoms. The Morgan fingerprint density at radius 2 is 0.536 bits per heavy atom. The summed E-state index contributed by atoms with van der Waals surface area (Å²) in [6.07, 6.45) is 0. The highest BCUT2D eigenvalue weighted by atomic mass is 33.5. The van der Waals surface area contributed by atoms with E-state index in [2.05, 4.69) is 0 Å². The van der Waals surface area contributed by atoms with Crippen LogP contribution in [0.3, 0.4) is 0 Å². The summed E-state index contributed by atoms with van der Waals surface area (Å²) in [5.41, 5.74) is 0. The predicted octanol–water partition coefficient (Wildman–Crippen LogP) is -0.0672. The molecule has 0 rings (SSSR count). The maximum absolute atomic E-state index is 4.93. The van der Waals surface area contributed by atoms with Crippen LogP contribution >= 0.6 is 0 Å². The number of rotatable bonds is 0. The van der Waals surface area contributed by atoms with E-state index in [0.717, 1.165) is 0 Å². The molecule has 0 aliphatic carbocycles. The van der Waals surface area contributed by atoms with Crippen LogP contribution in [0.5, 0.6) is 0 Å². The molecule has 0 aromatic rings. The SMILES string of the molecule is S=S=S=S=S=S=S=S=S=S=S=S=S=S=S=S=S=S=S=S=S=S=S=S=S=S(=S)=S. The molecule has 0 bridgehead atoms. The summed E-state index contributed by atoms with van der Waals surface area (Å²) in [5, 5.41) is 0. The monoisotopic (exact) mass is 895 g/mol. The van der Waals surface area contributed by atoms with Gasteiger partial charge in [-0.05, 0) is 0 Å². The Bertz CT molecular complexity index is 1680. The van der Waals surface area contributed by atoms with Crippen LogP contribution in [0.2, 0.25) is 0 Å². The van der Waals surface area contributed by atoms with E-state index in [9.17, 15) is 0 Å². The van der Waals surface area contributed by atoms with Crippen molar-refractivity contribution in [3.63, 3.8) is 0 Å². The summed E-state index contributed by atoms with van der Waals surface area (Å²) >= 11 is 14.6. The van der Waals surface area contributed by atoms with Gasteiger partial charge in [-0.25, -0.2) is 0 Å². The Morgan fingerprint density at radius 1 is 0.321 bits per heavy atom. The molecule has 0 aliphatic rings. The van der Waals surface area contributed by atoms with Crippen LogP contribution in [0, 0.1) is 0 Å². The second-order valence-electron chi connectivity index (χ2n) is 1.84. The zero-order chi connectivity index (χ0) is 20.5. The third-order valence-electron chi connectivity index (χ3n) is 0.694. The maximum atomic E-state index is 4.93. The van der Waals surface area contributed by atoms with E-state index in [-0.39, 0.29) is 6.57 Å². The van der Waals surface area contributed by atoms with Gasteiger partial charge in [0.2, 0.25) is 0 Å². The molecule has 0 saturated heterocycles. The zero-order valence-electron chi connectivity index (χ0n) is 11.4. The van der Waals surface area contributed by atoms with Crippen LogP contribution in [0.25, 0.3) is 0 Å². The molecule has 168 valence electrons. The smallest absolute Gasteiger partial charge is 0 e. The molecular formula is S28. The van der Waals surface area contributed by atoms with Crippen molar-refractivity contribution in [1.82, 2.24) is 0 Å². The molecule has 0 saturated carbocycles. The van der Waals surface area contributed by atoms with Crippen molar-refractivity contribution in [2.45, 2.75) is 0 Å². The third kappa shape index (κ3) is 32.2. The molecule has 0 aromatic carbocycles. The van der Waals surface area contributed by atoms with Gasteiger partial charge in [-0.2, -0.15) is 0 Å². The first kappa shape index (κ1) is 34.2. The highest BCUT2D eigenvalue weighted by Crippen LogP contribution is 1.43. The van der Waals surface area contributed by atoms with E-state index < -0.39 is 0 Å². The Kier molecular flexibility index (Phi) is 38.1. The summed E-state index contributed by atoms with van der Waals surface area (Å²) in [6.45, 7) is -0.374. The van der Waals surface area contributed by atoms with Crippen LogP contribution < -0.4 is 0 Å². The van der Waals surface area contributed by atoms with Gasteiger partial charge in [-0.3, -0.25) is 0 Å².